The molecule has 0 aromatic heterocycles. The van der Waals surface area contributed by atoms with E-state index in [4.69, 9.17) is 5.73 Å². The van der Waals surface area contributed by atoms with Gasteiger partial charge in [-0.05, 0) is 36.9 Å². The summed E-state index contributed by atoms with van der Waals surface area (Å²) in [4.78, 5) is 13.3. The zero-order valence-electron chi connectivity index (χ0n) is 13.0. The molecule has 0 saturated heterocycles. The summed E-state index contributed by atoms with van der Waals surface area (Å²) in [6.07, 6.45) is 3.32. The minimum atomic E-state index is 0.0396. The van der Waals surface area contributed by atoms with Crippen molar-refractivity contribution in [2.75, 3.05) is 17.6 Å². The smallest absolute Gasteiger partial charge is 0.224 e. The Hall–Kier alpha value is -1.26. The highest BCUT2D eigenvalue weighted by atomic mass is 32.2. The number of benzene rings is 1. The Kier molecular flexibility index (Phi) is 8.16. The van der Waals surface area contributed by atoms with E-state index < -0.39 is 0 Å². The van der Waals surface area contributed by atoms with Crippen molar-refractivity contribution in [3.05, 3.63) is 36.9 Å². The molecule has 0 bridgehead atoms. The van der Waals surface area contributed by atoms with E-state index >= 15 is 0 Å². The fourth-order valence-electron chi connectivity index (χ4n) is 2.24. The Labute approximate surface area is 132 Å². The highest BCUT2D eigenvalue weighted by Crippen LogP contribution is 2.27. The predicted molar refractivity (Wildman–Crippen MR) is 92.6 cm³/mol. The maximum absolute atomic E-state index is 12.2. The van der Waals surface area contributed by atoms with Crippen molar-refractivity contribution in [1.82, 2.24) is 0 Å². The summed E-state index contributed by atoms with van der Waals surface area (Å²) >= 11 is 1.67. The Morgan fingerprint density at radius 1 is 1.43 bits per heavy atom. The molecule has 0 fully saturated rings. The lowest BCUT2D eigenvalue weighted by Gasteiger charge is -2.17. The van der Waals surface area contributed by atoms with Gasteiger partial charge in [0.25, 0.3) is 0 Å². The Balaban J connectivity index is 2.63. The molecule has 1 aromatic carbocycles. The maximum atomic E-state index is 12.2. The van der Waals surface area contributed by atoms with Crippen molar-refractivity contribution >= 4 is 23.4 Å². The van der Waals surface area contributed by atoms with E-state index in [-0.39, 0.29) is 11.8 Å². The van der Waals surface area contributed by atoms with E-state index in [2.05, 4.69) is 25.7 Å². The Morgan fingerprint density at radius 2 is 2.14 bits per heavy atom. The van der Waals surface area contributed by atoms with E-state index in [1.807, 2.05) is 30.3 Å². The molecule has 0 spiro atoms. The van der Waals surface area contributed by atoms with Crippen LogP contribution >= 0.6 is 11.8 Å². The topological polar surface area (TPSA) is 55.1 Å². The summed E-state index contributed by atoms with van der Waals surface area (Å²) in [6.45, 7) is 8.59. The second-order valence-electron chi connectivity index (χ2n) is 5.58. The van der Waals surface area contributed by atoms with Crippen molar-refractivity contribution in [3.63, 3.8) is 0 Å². The predicted octanol–water partition coefficient (Wildman–Crippen LogP) is 3.91. The fraction of sp³-hybridized carbons (Fsp3) is 0.471. The van der Waals surface area contributed by atoms with Crippen LogP contribution in [-0.4, -0.2) is 18.2 Å². The van der Waals surface area contributed by atoms with Crippen molar-refractivity contribution in [1.29, 1.82) is 0 Å². The molecule has 3 N–H and O–H groups in total. The highest BCUT2D eigenvalue weighted by Gasteiger charge is 2.15. The molecule has 0 aliphatic heterocycles. The van der Waals surface area contributed by atoms with Crippen LogP contribution in [0.5, 0.6) is 0 Å². The van der Waals surface area contributed by atoms with Gasteiger partial charge in [-0.15, -0.1) is 18.3 Å². The molecular weight excluding hydrogens is 280 g/mol. The Bertz CT molecular complexity index is 460. The van der Waals surface area contributed by atoms with Crippen LogP contribution in [0.2, 0.25) is 0 Å². The number of carbonyl (C=O) groups is 1. The number of rotatable bonds is 9. The molecule has 0 radical (unpaired) electrons. The number of hydrogen-bond acceptors (Lipinski definition) is 3. The zero-order chi connectivity index (χ0) is 15.7. The average Bonchev–Trinajstić information content (AvgIpc) is 2.45. The number of para-hydroxylation sites is 1. The van der Waals surface area contributed by atoms with Gasteiger partial charge in [0.05, 0.1) is 5.69 Å². The standard InChI is InChI=1S/C17H26N2OS/c1-4-9-21-16-8-6-5-7-15(16)19-17(20)11-14(12-18)10-13(2)3/h4-8,13-14H,1,9-12,18H2,2-3H3,(H,19,20)/t14-/m0/s1. The van der Waals surface area contributed by atoms with E-state index in [0.29, 0.717) is 18.9 Å². The zero-order valence-corrected chi connectivity index (χ0v) is 13.8. The van der Waals surface area contributed by atoms with Gasteiger partial charge >= 0.3 is 0 Å². The number of nitrogens with one attached hydrogen (secondary N) is 1. The molecule has 116 valence electrons. The number of carbonyl (C=O) groups excluding carboxylic acids is 1. The number of anilines is 1. The number of nitrogens with two attached hydrogens (primary N) is 1. The van der Waals surface area contributed by atoms with Gasteiger partial charge < -0.3 is 11.1 Å². The molecule has 21 heavy (non-hydrogen) atoms. The van der Waals surface area contributed by atoms with Crippen molar-refractivity contribution in [3.8, 4) is 0 Å². The van der Waals surface area contributed by atoms with Gasteiger partial charge in [-0.25, -0.2) is 0 Å². The van der Waals surface area contributed by atoms with Crippen LogP contribution in [0.15, 0.2) is 41.8 Å². The van der Waals surface area contributed by atoms with E-state index in [1.165, 1.54) is 0 Å². The van der Waals surface area contributed by atoms with Crippen molar-refractivity contribution in [2.24, 2.45) is 17.6 Å². The summed E-state index contributed by atoms with van der Waals surface area (Å²) in [5, 5.41) is 3.01. The third-order valence-corrected chi connectivity index (χ3v) is 4.20. The normalized spacial score (nSPS) is 12.2. The van der Waals surface area contributed by atoms with Gasteiger partial charge in [0.15, 0.2) is 0 Å². The minimum absolute atomic E-state index is 0.0396. The summed E-state index contributed by atoms with van der Waals surface area (Å²) in [6, 6.07) is 7.85. The summed E-state index contributed by atoms with van der Waals surface area (Å²) < 4.78 is 0. The second-order valence-corrected chi connectivity index (χ2v) is 6.64. The second kappa shape index (κ2) is 9.64. The third-order valence-electron chi connectivity index (χ3n) is 3.13. The lowest BCUT2D eigenvalue weighted by Crippen LogP contribution is -2.23. The van der Waals surface area contributed by atoms with Crippen LogP contribution in [0.4, 0.5) is 5.69 Å². The molecule has 0 unspecified atom stereocenters. The first kappa shape index (κ1) is 17.8. The summed E-state index contributed by atoms with van der Waals surface area (Å²) in [5.74, 6) is 1.67. The van der Waals surface area contributed by atoms with Gasteiger partial charge in [0, 0.05) is 17.1 Å². The van der Waals surface area contributed by atoms with Crippen LogP contribution in [0.3, 0.4) is 0 Å². The molecule has 0 saturated carbocycles. The highest BCUT2D eigenvalue weighted by molar-refractivity contribution is 7.99. The Morgan fingerprint density at radius 3 is 2.76 bits per heavy atom. The van der Waals surface area contributed by atoms with Gasteiger partial charge in [-0.2, -0.15) is 0 Å². The van der Waals surface area contributed by atoms with Crippen LogP contribution in [0, 0.1) is 11.8 Å². The van der Waals surface area contributed by atoms with E-state index in [9.17, 15) is 4.79 Å². The quantitative estimate of drug-likeness (QED) is 0.537. The average molecular weight is 306 g/mol. The third kappa shape index (κ3) is 6.82. The van der Waals surface area contributed by atoms with Gasteiger partial charge in [-0.3, -0.25) is 4.79 Å². The van der Waals surface area contributed by atoms with Crippen LogP contribution in [-0.2, 0) is 4.79 Å². The first-order chi connectivity index (χ1) is 10.1. The van der Waals surface area contributed by atoms with Gasteiger partial charge in [0.2, 0.25) is 5.91 Å². The lowest BCUT2D eigenvalue weighted by molar-refractivity contribution is -0.117. The number of hydrogen-bond donors (Lipinski definition) is 2. The summed E-state index contributed by atoms with van der Waals surface area (Å²) in [7, 11) is 0. The minimum Gasteiger partial charge on any atom is -0.330 e. The maximum Gasteiger partial charge on any atom is 0.224 e. The molecule has 1 amide bonds. The molecule has 0 heterocycles. The van der Waals surface area contributed by atoms with Crippen LogP contribution in [0.25, 0.3) is 0 Å². The van der Waals surface area contributed by atoms with Gasteiger partial charge in [-0.1, -0.05) is 32.1 Å². The molecular formula is C17H26N2OS. The van der Waals surface area contributed by atoms with Crippen molar-refractivity contribution < 1.29 is 4.79 Å². The van der Waals surface area contributed by atoms with Crippen LogP contribution < -0.4 is 11.1 Å². The van der Waals surface area contributed by atoms with E-state index in [0.717, 1.165) is 22.8 Å². The number of thioether (sulfide) groups is 1. The molecule has 1 rings (SSSR count). The van der Waals surface area contributed by atoms with Gasteiger partial charge in [0.1, 0.15) is 0 Å². The summed E-state index contributed by atoms with van der Waals surface area (Å²) in [5.41, 5.74) is 6.63. The monoisotopic (exact) mass is 306 g/mol. The van der Waals surface area contributed by atoms with Crippen LogP contribution in [0.1, 0.15) is 26.7 Å². The molecule has 3 nitrogen and oxygen atoms in total. The first-order valence-corrected chi connectivity index (χ1v) is 8.38. The fourth-order valence-corrected chi connectivity index (χ4v) is 2.98. The molecule has 1 atom stereocenters. The molecule has 0 aliphatic carbocycles. The van der Waals surface area contributed by atoms with Crippen molar-refractivity contribution in [2.45, 2.75) is 31.6 Å². The van der Waals surface area contributed by atoms with E-state index in [1.54, 1.807) is 11.8 Å². The molecule has 1 aromatic rings. The first-order valence-electron chi connectivity index (χ1n) is 7.39. The lowest BCUT2D eigenvalue weighted by atomic mass is 9.94. The molecule has 4 heteroatoms. The largest absolute Gasteiger partial charge is 0.330 e. The SMILES string of the molecule is C=CCSc1ccccc1NC(=O)C[C@@H](CN)CC(C)C. The molecule has 0 aliphatic rings. The number of amides is 1.